The number of hydrogen-bond acceptors (Lipinski definition) is 5. The van der Waals surface area contributed by atoms with Crippen LogP contribution in [0.5, 0.6) is 0 Å². The van der Waals surface area contributed by atoms with E-state index in [0.29, 0.717) is 0 Å². The van der Waals surface area contributed by atoms with Gasteiger partial charge in [0, 0.05) is 21.9 Å². The van der Waals surface area contributed by atoms with E-state index in [1.807, 2.05) is 6.07 Å². The summed E-state index contributed by atoms with van der Waals surface area (Å²) < 4.78 is 0. The normalized spacial score (nSPS) is 9.43. The van der Waals surface area contributed by atoms with Crippen LogP contribution in [0, 0.1) is 10.1 Å². The van der Waals surface area contributed by atoms with Crippen molar-refractivity contribution in [3.05, 3.63) is 64.2 Å². The number of carbonyl (C=O) groups is 1. The molecule has 0 aliphatic heterocycles. The van der Waals surface area contributed by atoms with Crippen LogP contribution in [-0.2, 0) is 11.2 Å². The number of carboxylic acid groups (broad SMARTS) is 1. The van der Waals surface area contributed by atoms with E-state index in [1.54, 1.807) is 30.3 Å². The fraction of sp³-hybridized carbons (Fsp3) is 0.0714. The zero-order valence-corrected chi connectivity index (χ0v) is 12.6. The fourth-order valence-electron chi connectivity index (χ4n) is 1.40. The van der Waals surface area contributed by atoms with Crippen molar-refractivity contribution in [2.75, 3.05) is 0 Å². The molecule has 110 valence electrons. The fourth-order valence-corrected chi connectivity index (χ4v) is 1.79. The lowest BCUT2D eigenvalue weighted by molar-refractivity contribution is -0.384. The van der Waals surface area contributed by atoms with Crippen molar-refractivity contribution in [3.63, 3.8) is 0 Å². The molecule has 7 heteroatoms. The molecule has 21 heavy (non-hydrogen) atoms. The highest BCUT2D eigenvalue weighted by atomic mass is 32.1. The standard InChI is InChI=1S/C8H8O2S.C6H5NO2S/c9-8(10)5-6-3-1-2-4-7(6)11;8-7(9)5-1-3-6(10)4-2-5/h1-4,11H,5H2,(H,9,10);1-4,10H. The second-order valence-electron chi connectivity index (χ2n) is 3.97. The maximum atomic E-state index is 10.3. The van der Waals surface area contributed by atoms with E-state index in [1.165, 1.54) is 12.1 Å². The Bertz CT molecular complexity index is 629. The van der Waals surface area contributed by atoms with Gasteiger partial charge in [-0.25, -0.2) is 0 Å². The van der Waals surface area contributed by atoms with Gasteiger partial charge in [-0.15, -0.1) is 25.3 Å². The second kappa shape index (κ2) is 8.33. The highest BCUT2D eigenvalue weighted by Crippen LogP contribution is 2.13. The van der Waals surface area contributed by atoms with E-state index in [-0.39, 0.29) is 12.1 Å². The van der Waals surface area contributed by atoms with Crippen molar-refractivity contribution in [2.24, 2.45) is 0 Å². The van der Waals surface area contributed by atoms with Crippen LogP contribution in [0.3, 0.4) is 0 Å². The third kappa shape index (κ3) is 6.33. The van der Waals surface area contributed by atoms with Gasteiger partial charge in [0.05, 0.1) is 11.3 Å². The van der Waals surface area contributed by atoms with Crippen molar-refractivity contribution in [3.8, 4) is 0 Å². The molecule has 0 amide bonds. The molecule has 0 aliphatic carbocycles. The zero-order chi connectivity index (χ0) is 15.8. The molecule has 2 rings (SSSR count). The van der Waals surface area contributed by atoms with Gasteiger partial charge in [0.15, 0.2) is 0 Å². The van der Waals surface area contributed by atoms with E-state index in [4.69, 9.17) is 5.11 Å². The molecule has 0 bridgehead atoms. The third-order valence-corrected chi connectivity index (χ3v) is 3.13. The molecule has 0 saturated heterocycles. The molecule has 0 saturated carbocycles. The number of nitro groups is 1. The van der Waals surface area contributed by atoms with E-state index < -0.39 is 10.9 Å². The Morgan fingerprint density at radius 2 is 1.67 bits per heavy atom. The molecular formula is C14H13NO4S2. The summed E-state index contributed by atoms with van der Waals surface area (Å²) in [5.41, 5.74) is 0.848. The summed E-state index contributed by atoms with van der Waals surface area (Å²) in [6.07, 6.45) is 0.0413. The Labute approximate surface area is 132 Å². The number of nitrogens with zero attached hydrogens (tertiary/aromatic N) is 1. The quantitative estimate of drug-likeness (QED) is 0.459. The third-order valence-electron chi connectivity index (χ3n) is 2.39. The number of non-ortho nitro benzene ring substituents is 1. The summed E-state index contributed by atoms with van der Waals surface area (Å²) in [7, 11) is 0. The van der Waals surface area contributed by atoms with Crippen LogP contribution < -0.4 is 0 Å². The molecule has 1 N–H and O–H groups in total. The lowest BCUT2D eigenvalue weighted by Crippen LogP contribution is -2.00. The minimum Gasteiger partial charge on any atom is -0.481 e. The first kappa shape index (κ1) is 17.1. The SMILES string of the molecule is O=C(O)Cc1ccccc1S.O=[N+]([O-])c1ccc(S)cc1. The molecule has 2 aromatic carbocycles. The topological polar surface area (TPSA) is 80.4 Å². The van der Waals surface area contributed by atoms with Crippen molar-refractivity contribution in [1.82, 2.24) is 0 Å². The van der Waals surface area contributed by atoms with Crippen LogP contribution >= 0.6 is 25.3 Å². The largest absolute Gasteiger partial charge is 0.481 e. The molecule has 5 nitrogen and oxygen atoms in total. The number of thiol groups is 2. The maximum Gasteiger partial charge on any atom is 0.307 e. The average molecular weight is 323 g/mol. The Balaban J connectivity index is 0.000000211. The summed E-state index contributed by atoms with van der Waals surface area (Å²) >= 11 is 8.09. The summed E-state index contributed by atoms with van der Waals surface area (Å²) in [5, 5.41) is 18.6. The lowest BCUT2D eigenvalue weighted by atomic mass is 10.1. The predicted octanol–water partition coefficient (Wildman–Crippen LogP) is 3.49. The molecule has 0 heterocycles. The average Bonchev–Trinajstić information content (AvgIpc) is 2.42. The van der Waals surface area contributed by atoms with Crippen LogP contribution in [0.15, 0.2) is 58.3 Å². The maximum absolute atomic E-state index is 10.3. The number of rotatable bonds is 3. The van der Waals surface area contributed by atoms with Crippen LogP contribution in [0.4, 0.5) is 5.69 Å². The Kier molecular flexibility index (Phi) is 6.77. The molecule has 0 spiro atoms. The van der Waals surface area contributed by atoms with Gasteiger partial charge in [-0.2, -0.15) is 0 Å². The highest BCUT2D eigenvalue weighted by Gasteiger charge is 2.02. The van der Waals surface area contributed by atoms with E-state index in [0.717, 1.165) is 15.4 Å². The Morgan fingerprint density at radius 3 is 2.14 bits per heavy atom. The summed E-state index contributed by atoms with van der Waals surface area (Å²) in [5.74, 6) is -0.827. The first-order valence-electron chi connectivity index (χ1n) is 5.82. The van der Waals surface area contributed by atoms with Gasteiger partial charge < -0.3 is 5.11 Å². The molecular weight excluding hydrogens is 310 g/mol. The smallest absolute Gasteiger partial charge is 0.307 e. The number of hydrogen-bond donors (Lipinski definition) is 3. The first-order valence-corrected chi connectivity index (χ1v) is 6.71. The molecule has 0 radical (unpaired) electrons. The van der Waals surface area contributed by atoms with Crippen molar-refractivity contribution >= 4 is 36.9 Å². The van der Waals surface area contributed by atoms with Gasteiger partial charge in [0.2, 0.25) is 0 Å². The van der Waals surface area contributed by atoms with Gasteiger partial charge in [-0.05, 0) is 23.8 Å². The molecule has 0 aromatic heterocycles. The minimum absolute atomic E-state index is 0.0413. The van der Waals surface area contributed by atoms with Crippen LogP contribution in [0.2, 0.25) is 0 Å². The van der Waals surface area contributed by atoms with Crippen LogP contribution in [0.25, 0.3) is 0 Å². The summed E-state index contributed by atoms with van der Waals surface area (Å²) in [4.78, 5) is 21.4. The van der Waals surface area contributed by atoms with Gasteiger partial charge in [0.25, 0.3) is 5.69 Å². The molecule has 0 aliphatic rings. The number of aliphatic carboxylic acids is 1. The first-order chi connectivity index (χ1) is 9.90. The van der Waals surface area contributed by atoms with E-state index in [9.17, 15) is 14.9 Å². The van der Waals surface area contributed by atoms with Crippen LogP contribution in [-0.4, -0.2) is 16.0 Å². The number of carboxylic acids is 1. The molecule has 0 atom stereocenters. The van der Waals surface area contributed by atoms with E-state index >= 15 is 0 Å². The summed E-state index contributed by atoms with van der Waals surface area (Å²) in [6.45, 7) is 0. The molecule has 0 unspecified atom stereocenters. The predicted molar refractivity (Wildman–Crippen MR) is 85.4 cm³/mol. The Hall–Kier alpha value is -1.99. The zero-order valence-electron chi connectivity index (χ0n) is 10.8. The van der Waals surface area contributed by atoms with Crippen molar-refractivity contribution in [2.45, 2.75) is 16.2 Å². The molecule has 0 fully saturated rings. The highest BCUT2D eigenvalue weighted by molar-refractivity contribution is 7.80. The minimum atomic E-state index is -0.827. The monoisotopic (exact) mass is 323 g/mol. The van der Waals surface area contributed by atoms with Gasteiger partial charge in [0.1, 0.15) is 0 Å². The number of nitro benzene ring substituents is 1. The van der Waals surface area contributed by atoms with Crippen LogP contribution in [0.1, 0.15) is 5.56 Å². The summed E-state index contributed by atoms with van der Waals surface area (Å²) in [6, 6.07) is 13.2. The molecule has 2 aromatic rings. The second-order valence-corrected chi connectivity index (χ2v) is 4.97. The van der Waals surface area contributed by atoms with Crippen molar-refractivity contribution in [1.29, 1.82) is 0 Å². The Morgan fingerprint density at radius 1 is 1.10 bits per heavy atom. The van der Waals surface area contributed by atoms with E-state index in [2.05, 4.69) is 25.3 Å². The van der Waals surface area contributed by atoms with Gasteiger partial charge in [-0.1, -0.05) is 18.2 Å². The number of benzene rings is 2. The van der Waals surface area contributed by atoms with Crippen molar-refractivity contribution < 1.29 is 14.8 Å². The van der Waals surface area contributed by atoms with Gasteiger partial charge >= 0.3 is 5.97 Å². The van der Waals surface area contributed by atoms with Gasteiger partial charge in [-0.3, -0.25) is 14.9 Å². The lowest BCUT2D eigenvalue weighted by Gasteiger charge is -1.99.